The molecule has 35 heavy (non-hydrogen) atoms. The molecule has 0 unspecified atom stereocenters. The van der Waals surface area contributed by atoms with E-state index in [9.17, 15) is 4.79 Å². The topological polar surface area (TPSA) is 74.9 Å². The van der Waals surface area contributed by atoms with Crippen LogP contribution in [-0.2, 0) is 10.5 Å². The molecule has 2 saturated heterocycles. The lowest BCUT2D eigenvalue weighted by molar-refractivity contribution is 0.0282. The van der Waals surface area contributed by atoms with Crippen LogP contribution < -0.4 is 9.80 Å². The summed E-state index contributed by atoms with van der Waals surface area (Å²) in [5.74, 6) is 2.49. The van der Waals surface area contributed by atoms with Crippen molar-refractivity contribution < 1.29 is 13.9 Å². The number of anilines is 2. The Labute approximate surface area is 214 Å². The standard InChI is InChI=1S/C25H28ClN5O3S/c1-18-16-23(30-10-8-29(9-11-30)21-5-3-2-4-20(21)26)28-25(27-18)35-17-19-6-7-22(34-19)24(32)31-12-14-33-15-13-31/h2-7,16H,8-15,17H2,1H3. The van der Waals surface area contributed by atoms with Crippen LogP contribution in [0.3, 0.4) is 0 Å². The number of halogens is 1. The molecule has 2 aromatic heterocycles. The highest BCUT2D eigenvalue weighted by Crippen LogP contribution is 2.28. The molecule has 184 valence electrons. The number of thioether (sulfide) groups is 1. The average molecular weight is 514 g/mol. The van der Waals surface area contributed by atoms with Gasteiger partial charge in [-0.15, -0.1) is 0 Å². The van der Waals surface area contributed by atoms with Crippen LogP contribution in [0.15, 0.2) is 52.0 Å². The van der Waals surface area contributed by atoms with Gasteiger partial charge in [-0.25, -0.2) is 9.97 Å². The van der Waals surface area contributed by atoms with E-state index in [0.29, 0.717) is 43.0 Å². The molecule has 8 nitrogen and oxygen atoms in total. The first kappa shape index (κ1) is 24.0. The Morgan fingerprint density at radius 2 is 1.74 bits per heavy atom. The normalized spacial score (nSPS) is 16.6. The van der Waals surface area contributed by atoms with E-state index in [4.69, 9.17) is 25.7 Å². The van der Waals surface area contributed by atoms with Crippen molar-refractivity contribution in [2.24, 2.45) is 0 Å². The van der Waals surface area contributed by atoms with E-state index in [0.717, 1.165) is 54.2 Å². The highest BCUT2D eigenvalue weighted by Gasteiger charge is 2.22. The zero-order valence-electron chi connectivity index (χ0n) is 19.7. The molecule has 3 aromatic rings. The van der Waals surface area contributed by atoms with E-state index in [1.165, 1.54) is 11.8 Å². The molecule has 0 radical (unpaired) electrons. The number of nitrogens with zero attached hydrogens (tertiary/aromatic N) is 5. The van der Waals surface area contributed by atoms with Crippen LogP contribution >= 0.6 is 23.4 Å². The number of hydrogen-bond acceptors (Lipinski definition) is 8. The molecule has 0 aliphatic carbocycles. The lowest BCUT2D eigenvalue weighted by Crippen LogP contribution is -2.47. The highest BCUT2D eigenvalue weighted by atomic mass is 35.5. The number of amides is 1. The van der Waals surface area contributed by atoms with Gasteiger partial charge in [0, 0.05) is 51.0 Å². The number of carbonyl (C=O) groups excluding carboxylic acids is 1. The monoisotopic (exact) mass is 513 g/mol. The van der Waals surface area contributed by atoms with E-state index < -0.39 is 0 Å². The Balaban J connectivity index is 1.19. The van der Waals surface area contributed by atoms with Crippen LogP contribution in [0.1, 0.15) is 22.0 Å². The van der Waals surface area contributed by atoms with Crippen molar-refractivity contribution in [3.8, 4) is 0 Å². The van der Waals surface area contributed by atoms with Crippen molar-refractivity contribution in [1.29, 1.82) is 0 Å². The third kappa shape index (κ3) is 5.74. The fourth-order valence-electron chi connectivity index (χ4n) is 4.26. The molecule has 0 bridgehead atoms. The predicted molar refractivity (Wildman–Crippen MR) is 138 cm³/mol. The van der Waals surface area contributed by atoms with Crippen molar-refractivity contribution in [3.05, 3.63) is 64.7 Å². The van der Waals surface area contributed by atoms with Crippen LogP contribution in [0.4, 0.5) is 11.5 Å². The molecule has 2 aliphatic heterocycles. The number of benzene rings is 1. The quantitative estimate of drug-likeness (QED) is 0.360. The lowest BCUT2D eigenvalue weighted by Gasteiger charge is -2.37. The van der Waals surface area contributed by atoms with E-state index in [-0.39, 0.29) is 5.91 Å². The summed E-state index contributed by atoms with van der Waals surface area (Å²) in [6.07, 6.45) is 0. The molecule has 0 spiro atoms. The molecule has 0 N–H and O–H groups in total. The second-order valence-electron chi connectivity index (χ2n) is 8.53. The van der Waals surface area contributed by atoms with Gasteiger partial charge in [-0.2, -0.15) is 0 Å². The van der Waals surface area contributed by atoms with Gasteiger partial charge in [0.25, 0.3) is 5.91 Å². The molecular formula is C25H28ClN5O3S. The number of aromatic nitrogens is 2. The van der Waals surface area contributed by atoms with Crippen LogP contribution in [0.25, 0.3) is 0 Å². The first-order valence-corrected chi connectivity index (χ1v) is 13.1. The molecular weight excluding hydrogens is 486 g/mol. The second kappa shape index (κ2) is 10.9. The van der Waals surface area contributed by atoms with Gasteiger partial charge in [-0.1, -0.05) is 35.5 Å². The third-order valence-corrected chi connectivity index (χ3v) is 7.32. The number of rotatable bonds is 6. The molecule has 5 rings (SSSR count). The van der Waals surface area contributed by atoms with Crippen LogP contribution in [-0.4, -0.2) is 73.3 Å². The van der Waals surface area contributed by atoms with E-state index in [2.05, 4.69) is 20.9 Å². The minimum Gasteiger partial charge on any atom is -0.455 e. The fourth-order valence-corrected chi connectivity index (χ4v) is 5.31. The van der Waals surface area contributed by atoms with Crippen molar-refractivity contribution in [3.63, 3.8) is 0 Å². The number of morpholine rings is 1. The third-order valence-electron chi connectivity index (χ3n) is 6.13. The lowest BCUT2D eigenvalue weighted by atomic mass is 10.2. The summed E-state index contributed by atoms with van der Waals surface area (Å²) in [7, 11) is 0. The minimum atomic E-state index is -0.0884. The Morgan fingerprint density at radius 1 is 1.00 bits per heavy atom. The largest absolute Gasteiger partial charge is 0.455 e. The van der Waals surface area contributed by atoms with Crippen molar-refractivity contribution in [1.82, 2.24) is 14.9 Å². The van der Waals surface area contributed by atoms with Gasteiger partial charge in [0.2, 0.25) is 0 Å². The van der Waals surface area contributed by atoms with E-state index in [1.807, 2.05) is 37.3 Å². The van der Waals surface area contributed by atoms with E-state index in [1.54, 1.807) is 11.0 Å². The second-order valence-corrected chi connectivity index (χ2v) is 9.88. The van der Waals surface area contributed by atoms with Gasteiger partial charge < -0.3 is 23.9 Å². The molecule has 2 fully saturated rings. The van der Waals surface area contributed by atoms with Crippen molar-refractivity contribution >= 4 is 40.8 Å². The first-order chi connectivity index (χ1) is 17.1. The summed E-state index contributed by atoms with van der Waals surface area (Å²) in [5.41, 5.74) is 2.00. The SMILES string of the molecule is Cc1cc(N2CCN(c3ccccc3Cl)CC2)nc(SCc2ccc(C(=O)N3CCOCC3)o2)n1. The maximum Gasteiger partial charge on any atom is 0.289 e. The summed E-state index contributed by atoms with van der Waals surface area (Å²) < 4.78 is 11.1. The highest BCUT2D eigenvalue weighted by molar-refractivity contribution is 7.98. The molecule has 1 amide bonds. The molecule has 0 atom stereocenters. The van der Waals surface area contributed by atoms with Gasteiger partial charge in [0.1, 0.15) is 11.6 Å². The molecule has 10 heteroatoms. The number of aryl methyl sites for hydroxylation is 1. The summed E-state index contributed by atoms with van der Waals surface area (Å²) in [5, 5.41) is 1.48. The fraction of sp³-hybridized carbons (Fsp3) is 0.400. The maximum absolute atomic E-state index is 12.6. The number of hydrogen-bond donors (Lipinski definition) is 0. The summed E-state index contributed by atoms with van der Waals surface area (Å²) in [6.45, 7) is 7.78. The number of para-hydroxylation sites is 1. The molecule has 1 aromatic carbocycles. The minimum absolute atomic E-state index is 0.0884. The van der Waals surface area contributed by atoms with Crippen LogP contribution in [0, 0.1) is 6.92 Å². The predicted octanol–water partition coefficient (Wildman–Crippen LogP) is 4.12. The van der Waals surface area contributed by atoms with Gasteiger partial charge >= 0.3 is 0 Å². The zero-order chi connectivity index (χ0) is 24.2. The van der Waals surface area contributed by atoms with Gasteiger partial charge in [-0.3, -0.25) is 4.79 Å². The Kier molecular flexibility index (Phi) is 7.46. The Morgan fingerprint density at radius 3 is 2.51 bits per heavy atom. The average Bonchev–Trinajstić information content (AvgIpc) is 3.37. The van der Waals surface area contributed by atoms with Crippen molar-refractivity contribution in [2.75, 3.05) is 62.3 Å². The van der Waals surface area contributed by atoms with E-state index >= 15 is 0 Å². The zero-order valence-corrected chi connectivity index (χ0v) is 21.2. The number of furan rings is 1. The summed E-state index contributed by atoms with van der Waals surface area (Å²) in [6, 6.07) is 13.6. The number of piperazine rings is 1. The van der Waals surface area contributed by atoms with Gasteiger partial charge in [0.15, 0.2) is 10.9 Å². The molecule has 0 saturated carbocycles. The van der Waals surface area contributed by atoms with Gasteiger partial charge in [0.05, 0.1) is 29.7 Å². The Hall–Kier alpha value is -2.75. The number of ether oxygens (including phenoxy) is 1. The van der Waals surface area contributed by atoms with Gasteiger partial charge in [-0.05, 0) is 31.2 Å². The maximum atomic E-state index is 12.6. The smallest absolute Gasteiger partial charge is 0.289 e. The number of carbonyl (C=O) groups is 1. The first-order valence-electron chi connectivity index (χ1n) is 11.8. The molecule has 4 heterocycles. The summed E-state index contributed by atoms with van der Waals surface area (Å²) in [4.78, 5) is 28.4. The molecule has 2 aliphatic rings. The van der Waals surface area contributed by atoms with Crippen LogP contribution in [0.2, 0.25) is 5.02 Å². The van der Waals surface area contributed by atoms with Crippen molar-refractivity contribution in [2.45, 2.75) is 17.8 Å². The Bertz CT molecular complexity index is 1180. The van der Waals surface area contributed by atoms with Crippen LogP contribution in [0.5, 0.6) is 0 Å². The summed E-state index contributed by atoms with van der Waals surface area (Å²) >= 11 is 7.89.